The average Bonchev–Trinajstić information content (AvgIpc) is 2.83. The second kappa shape index (κ2) is 11.8. The fraction of sp³-hybridized carbons (Fsp3) is 0.348. The lowest BCUT2D eigenvalue weighted by Crippen LogP contribution is -2.39. The number of nitrogens with two attached hydrogens (primary N) is 1. The van der Waals surface area contributed by atoms with Gasteiger partial charge in [0.15, 0.2) is 18.1 Å². The van der Waals surface area contributed by atoms with Crippen LogP contribution in [-0.4, -0.2) is 54.7 Å². The van der Waals surface area contributed by atoms with E-state index in [1.807, 2.05) is 0 Å². The highest BCUT2D eigenvalue weighted by atomic mass is 16.6. The standard InChI is InChI=1S/C23H27N5O6/c1-33-21-12-17(4-7-20(21)34-15-22(24)29)13-25-26-23(30)18-8-10-27(11-9-18)14-16-2-5-19(6-3-16)28(31)32/h2-7,12-13,18H,8-11,14-15H2,1H3,(H2,24,29)(H,26,30)/b25-13+. The van der Waals surface area contributed by atoms with E-state index in [0.29, 0.717) is 36.4 Å². The molecule has 2 aromatic rings. The van der Waals surface area contributed by atoms with Gasteiger partial charge in [0.05, 0.1) is 18.2 Å². The predicted molar refractivity (Wildman–Crippen MR) is 125 cm³/mol. The maximum absolute atomic E-state index is 12.5. The van der Waals surface area contributed by atoms with E-state index >= 15 is 0 Å². The number of piperidine rings is 1. The number of hydrogen-bond donors (Lipinski definition) is 2. The Labute approximate surface area is 196 Å². The molecule has 1 saturated heterocycles. The summed E-state index contributed by atoms with van der Waals surface area (Å²) < 4.78 is 10.5. The molecule has 3 rings (SSSR count). The maximum Gasteiger partial charge on any atom is 0.269 e. The SMILES string of the molecule is COc1cc(/C=N/NC(=O)C2CCN(Cc3ccc([N+](=O)[O-])cc3)CC2)ccc1OCC(N)=O. The van der Waals surface area contributed by atoms with E-state index in [0.717, 1.165) is 18.7 Å². The normalized spacial score (nSPS) is 14.6. The zero-order valence-corrected chi connectivity index (χ0v) is 18.8. The van der Waals surface area contributed by atoms with Gasteiger partial charge in [-0.25, -0.2) is 5.43 Å². The number of nitrogens with one attached hydrogen (secondary N) is 1. The number of hydrazone groups is 1. The summed E-state index contributed by atoms with van der Waals surface area (Å²) in [6.45, 7) is 1.93. The lowest BCUT2D eigenvalue weighted by molar-refractivity contribution is -0.384. The number of primary amides is 1. The predicted octanol–water partition coefficient (Wildman–Crippen LogP) is 1.83. The molecule has 2 amide bonds. The number of carbonyl (C=O) groups excluding carboxylic acids is 2. The number of nitro groups is 1. The number of likely N-dealkylation sites (tertiary alicyclic amines) is 1. The highest BCUT2D eigenvalue weighted by Gasteiger charge is 2.25. The number of benzene rings is 2. The summed E-state index contributed by atoms with van der Waals surface area (Å²) in [4.78, 5) is 35.9. The molecule has 34 heavy (non-hydrogen) atoms. The summed E-state index contributed by atoms with van der Waals surface area (Å²) in [5.74, 6) is -0.0727. The van der Waals surface area contributed by atoms with Crippen LogP contribution >= 0.6 is 0 Å². The Morgan fingerprint density at radius 1 is 1.21 bits per heavy atom. The molecule has 1 heterocycles. The van der Waals surface area contributed by atoms with E-state index in [-0.39, 0.29) is 24.1 Å². The van der Waals surface area contributed by atoms with Gasteiger partial charge < -0.3 is 15.2 Å². The van der Waals surface area contributed by atoms with Crippen molar-refractivity contribution >= 4 is 23.7 Å². The number of methoxy groups -OCH3 is 1. The van der Waals surface area contributed by atoms with E-state index in [1.54, 1.807) is 30.3 Å². The van der Waals surface area contributed by atoms with Gasteiger partial charge in [-0.1, -0.05) is 12.1 Å². The monoisotopic (exact) mass is 469 g/mol. The highest BCUT2D eigenvalue weighted by Crippen LogP contribution is 2.27. The van der Waals surface area contributed by atoms with E-state index in [1.165, 1.54) is 25.5 Å². The molecule has 0 atom stereocenters. The zero-order valence-electron chi connectivity index (χ0n) is 18.8. The Bertz CT molecular complexity index is 1050. The number of rotatable bonds is 10. The van der Waals surface area contributed by atoms with Crippen LogP contribution in [0.2, 0.25) is 0 Å². The van der Waals surface area contributed by atoms with Gasteiger partial charge in [0, 0.05) is 24.6 Å². The summed E-state index contributed by atoms with van der Waals surface area (Å²) >= 11 is 0. The molecule has 1 aliphatic heterocycles. The minimum atomic E-state index is -0.590. The Kier molecular flexibility index (Phi) is 8.52. The number of nitrogens with zero attached hydrogens (tertiary/aromatic N) is 3. The first-order valence-electron chi connectivity index (χ1n) is 10.7. The molecule has 0 aromatic heterocycles. The van der Waals surface area contributed by atoms with Gasteiger partial charge in [-0.15, -0.1) is 0 Å². The first-order valence-corrected chi connectivity index (χ1v) is 10.7. The summed E-state index contributed by atoms with van der Waals surface area (Å²) in [5.41, 5.74) is 9.43. The van der Waals surface area contributed by atoms with E-state index in [2.05, 4.69) is 15.4 Å². The van der Waals surface area contributed by atoms with Crippen molar-refractivity contribution in [1.29, 1.82) is 0 Å². The first-order chi connectivity index (χ1) is 16.4. The lowest BCUT2D eigenvalue weighted by atomic mass is 9.96. The van der Waals surface area contributed by atoms with Crippen LogP contribution in [0.25, 0.3) is 0 Å². The molecule has 3 N–H and O–H groups in total. The van der Waals surface area contributed by atoms with Crippen molar-refractivity contribution < 1.29 is 24.0 Å². The molecular formula is C23H27N5O6. The van der Waals surface area contributed by atoms with Crippen molar-refractivity contribution in [3.63, 3.8) is 0 Å². The quantitative estimate of drug-likeness (QED) is 0.306. The fourth-order valence-electron chi connectivity index (χ4n) is 3.63. The molecule has 0 radical (unpaired) electrons. The van der Waals surface area contributed by atoms with Gasteiger partial charge >= 0.3 is 0 Å². The van der Waals surface area contributed by atoms with Crippen LogP contribution in [0.4, 0.5) is 5.69 Å². The molecule has 0 spiro atoms. The van der Waals surface area contributed by atoms with Gasteiger partial charge in [-0.2, -0.15) is 5.10 Å². The highest BCUT2D eigenvalue weighted by molar-refractivity contribution is 5.84. The molecule has 1 fully saturated rings. The molecule has 1 aliphatic rings. The molecule has 11 heteroatoms. The average molecular weight is 469 g/mol. The summed E-state index contributed by atoms with van der Waals surface area (Å²) in [5, 5.41) is 14.8. The molecule has 0 saturated carbocycles. The van der Waals surface area contributed by atoms with Crippen molar-refractivity contribution in [3.8, 4) is 11.5 Å². The van der Waals surface area contributed by atoms with Crippen molar-refractivity contribution in [2.24, 2.45) is 16.8 Å². The molecule has 11 nitrogen and oxygen atoms in total. The largest absolute Gasteiger partial charge is 0.493 e. The van der Waals surface area contributed by atoms with E-state index in [4.69, 9.17) is 15.2 Å². The van der Waals surface area contributed by atoms with Gasteiger partial charge in [-0.3, -0.25) is 24.6 Å². The van der Waals surface area contributed by atoms with Crippen molar-refractivity contribution in [1.82, 2.24) is 10.3 Å². The van der Waals surface area contributed by atoms with Crippen LogP contribution in [0, 0.1) is 16.0 Å². The third-order valence-electron chi connectivity index (χ3n) is 5.46. The van der Waals surface area contributed by atoms with E-state index < -0.39 is 10.8 Å². The molecule has 180 valence electrons. The molecule has 2 aromatic carbocycles. The third kappa shape index (κ3) is 7.01. The third-order valence-corrected chi connectivity index (χ3v) is 5.46. The molecular weight excluding hydrogens is 442 g/mol. The number of ether oxygens (including phenoxy) is 2. The van der Waals surface area contributed by atoms with Crippen LogP contribution in [0.5, 0.6) is 11.5 Å². The second-order valence-electron chi connectivity index (χ2n) is 7.87. The zero-order chi connectivity index (χ0) is 24.5. The van der Waals surface area contributed by atoms with Crippen LogP contribution in [0.15, 0.2) is 47.6 Å². The minimum Gasteiger partial charge on any atom is -0.493 e. The Hall–Kier alpha value is -3.99. The van der Waals surface area contributed by atoms with E-state index in [9.17, 15) is 19.7 Å². The van der Waals surface area contributed by atoms with Gasteiger partial charge in [0.2, 0.25) is 5.91 Å². The smallest absolute Gasteiger partial charge is 0.269 e. The van der Waals surface area contributed by atoms with Crippen molar-refractivity contribution in [3.05, 3.63) is 63.7 Å². The van der Waals surface area contributed by atoms with Crippen LogP contribution < -0.4 is 20.6 Å². The number of non-ortho nitro benzene ring substituents is 1. The van der Waals surface area contributed by atoms with Gasteiger partial charge in [-0.05, 0) is 55.3 Å². The topological polar surface area (TPSA) is 149 Å². The minimum absolute atomic E-state index is 0.0745. The molecule has 0 bridgehead atoms. The van der Waals surface area contributed by atoms with Crippen molar-refractivity contribution in [2.75, 3.05) is 26.8 Å². The van der Waals surface area contributed by atoms with Crippen molar-refractivity contribution in [2.45, 2.75) is 19.4 Å². The fourth-order valence-corrected chi connectivity index (χ4v) is 3.63. The van der Waals surface area contributed by atoms with Crippen LogP contribution in [0.3, 0.4) is 0 Å². The molecule has 0 aliphatic carbocycles. The van der Waals surface area contributed by atoms with Gasteiger partial charge in [0.25, 0.3) is 11.6 Å². The maximum atomic E-state index is 12.5. The summed E-state index contributed by atoms with van der Waals surface area (Å²) in [6, 6.07) is 11.5. The number of nitro benzene ring substituents is 1. The Morgan fingerprint density at radius 3 is 2.53 bits per heavy atom. The van der Waals surface area contributed by atoms with Crippen LogP contribution in [-0.2, 0) is 16.1 Å². The number of amides is 2. The number of hydrogen-bond acceptors (Lipinski definition) is 8. The van der Waals surface area contributed by atoms with Crippen LogP contribution in [0.1, 0.15) is 24.0 Å². The Balaban J connectivity index is 1.45. The number of carbonyl (C=O) groups is 2. The summed E-state index contributed by atoms with van der Waals surface area (Å²) in [6.07, 6.45) is 2.91. The lowest BCUT2D eigenvalue weighted by Gasteiger charge is -2.30. The second-order valence-corrected chi connectivity index (χ2v) is 7.87. The van der Waals surface area contributed by atoms with Gasteiger partial charge in [0.1, 0.15) is 0 Å². The molecule has 0 unspecified atom stereocenters. The Morgan fingerprint density at radius 2 is 1.91 bits per heavy atom. The first kappa shape index (κ1) is 24.6. The summed E-state index contributed by atoms with van der Waals surface area (Å²) in [7, 11) is 1.48.